The third-order valence-corrected chi connectivity index (χ3v) is 5.62. The smallest absolute Gasteiger partial charge is 0.320 e. The Kier molecular flexibility index (Phi) is 7.93. The number of aliphatic carboxylic acids is 1. The van der Waals surface area contributed by atoms with Crippen LogP contribution >= 0.6 is 0 Å². The third-order valence-electron chi connectivity index (χ3n) is 5.62. The van der Waals surface area contributed by atoms with Crippen molar-refractivity contribution in [1.82, 2.24) is 9.80 Å². The minimum absolute atomic E-state index is 0.107. The molecule has 1 atom stereocenters. The lowest BCUT2D eigenvalue weighted by atomic mass is 10.1. The van der Waals surface area contributed by atoms with Crippen LogP contribution in [0.2, 0.25) is 0 Å². The summed E-state index contributed by atoms with van der Waals surface area (Å²) in [5.74, 6) is -0.0264. The molecular weight excluding hydrogens is 392 g/mol. The Balaban J connectivity index is 1.52. The van der Waals surface area contributed by atoms with E-state index in [0.29, 0.717) is 26.1 Å². The average Bonchev–Trinajstić information content (AvgIpc) is 3.04. The lowest BCUT2D eigenvalue weighted by Gasteiger charge is -2.22. The van der Waals surface area contributed by atoms with Crippen LogP contribution in [0, 0.1) is 6.92 Å². The molecule has 0 spiro atoms. The van der Waals surface area contributed by atoms with Crippen LogP contribution in [0.5, 0.6) is 5.75 Å². The summed E-state index contributed by atoms with van der Waals surface area (Å²) in [6.07, 6.45) is 2.35. The summed E-state index contributed by atoms with van der Waals surface area (Å²) in [7, 11) is 0. The quantitative estimate of drug-likeness (QED) is 0.577. The highest BCUT2D eigenvalue weighted by atomic mass is 16.5. The lowest BCUT2D eigenvalue weighted by molar-refractivity contribution is -0.136. The Morgan fingerprint density at radius 2 is 1.77 bits per heavy atom. The molecule has 1 saturated heterocycles. The Bertz CT molecular complexity index is 864. The predicted molar refractivity (Wildman–Crippen MR) is 120 cm³/mol. The third kappa shape index (κ3) is 6.48. The molecule has 0 aromatic heterocycles. The maximum absolute atomic E-state index is 12.9. The van der Waals surface area contributed by atoms with Gasteiger partial charge in [-0.3, -0.25) is 4.79 Å². The number of hydrogen-bond donors (Lipinski definition) is 1. The number of benzene rings is 2. The summed E-state index contributed by atoms with van der Waals surface area (Å²) in [5, 5.41) is 8.78. The topological polar surface area (TPSA) is 70.1 Å². The van der Waals surface area contributed by atoms with Gasteiger partial charge in [0.25, 0.3) is 0 Å². The first-order valence-electron chi connectivity index (χ1n) is 11.0. The molecule has 1 aliphatic rings. The SMILES string of the molecule is CCCN1C(=O)N(Cc2ccc(C)cc2)CC1CCOc1ccc(CCC(=O)O)cc1. The normalized spacial score (nSPS) is 16.1. The van der Waals surface area contributed by atoms with Crippen molar-refractivity contribution in [2.75, 3.05) is 19.7 Å². The van der Waals surface area contributed by atoms with Crippen LogP contribution < -0.4 is 4.74 Å². The fourth-order valence-corrected chi connectivity index (χ4v) is 3.90. The van der Waals surface area contributed by atoms with E-state index in [1.807, 2.05) is 34.1 Å². The molecule has 166 valence electrons. The second-order valence-corrected chi connectivity index (χ2v) is 8.17. The molecule has 0 aliphatic carbocycles. The zero-order valence-electron chi connectivity index (χ0n) is 18.4. The first kappa shape index (κ1) is 22.7. The van der Waals surface area contributed by atoms with E-state index in [1.54, 1.807) is 0 Å². The van der Waals surface area contributed by atoms with E-state index in [9.17, 15) is 9.59 Å². The van der Waals surface area contributed by atoms with Crippen molar-refractivity contribution in [3.05, 3.63) is 65.2 Å². The molecule has 1 fully saturated rings. The summed E-state index contributed by atoms with van der Waals surface area (Å²) < 4.78 is 5.90. The first-order chi connectivity index (χ1) is 15.0. The maximum Gasteiger partial charge on any atom is 0.320 e. The molecule has 2 amide bonds. The Morgan fingerprint density at radius 1 is 1.10 bits per heavy atom. The van der Waals surface area contributed by atoms with E-state index < -0.39 is 5.97 Å². The van der Waals surface area contributed by atoms with Gasteiger partial charge in [0.15, 0.2) is 0 Å². The van der Waals surface area contributed by atoms with Crippen LogP contribution in [0.15, 0.2) is 48.5 Å². The number of carbonyl (C=O) groups is 2. The van der Waals surface area contributed by atoms with Gasteiger partial charge < -0.3 is 19.6 Å². The standard InChI is InChI=1S/C25H32N2O4/c1-3-15-27-22(18-26(25(27)30)17-21-6-4-19(2)5-7-21)14-16-31-23-11-8-20(9-12-23)10-13-24(28)29/h4-9,11-12,22H,3,10,13-18H2,1-2H3,(H,28,29). The predicted octanol–water partition coefficient (Wildman–Crippen LogP) is 4.50. The molecule has 1 aliphatic heterocycles. The Hall–Kier alpha value is -3.02. The van der Waals surface area contributed by atoms with Crippen molar-refractivity contribution >= 4 is 12.0 Å². The summed E-state index contributed by atoms with van der Waals surface area (Å²) in [4.78, 5) is 27.5. The molecule has 2 aromatic rings. The average molecular weight is 425 g/mol. The number of carboxylic acid groups (broad SMARTS) is 1. The van der Waals surface area contributed by atoms with Gasteiger partial charge in [-0.05, 0) is 43.0 Å². The van der Waals surface area contributed by atoms with Gasteiger partial charge in [0.2, 0.25) is 0 Å². The maximum atomic E-state index is 12.9. The van der Waals surface area contributed by atoms with E-state index >= 15 is 0 Å². The van der Waals surface area contributed by atoms with Crippen molar-refractivity contribution < 1.29 is 19.4 Å². The number of ether oxygens (including phenoxy) is 1. The fourth-order valence-electron chi connectivity index (χ4n) is 3.90. The minimum atomic E-state index is -0.792. The van der Waals surface area contributed by atoms with Crippen LogP contribution in [0.3, 0.4) is 0 Å². The number of aryl methyl sites for hydroxylation is 2. The molecule has 1 unspecified atom stereocenters. The van der Waals surface area contributed by atoms with Crippen molar-refractivity contribution in [2.24, 2.45) is 0 Å². The van der Waals surface area contributed by atoms with Gasteiger partial charge in [0.05, 0.1) is 12.6 Å². The lowest BCUT2D eigenvalue weighted by Crippen LogP contribution is -2.36. The second-order valence-electron chi connectivity index (χ2n) is 8.17. The van der Waals surface area contributed by atoms with Crippen molar-refractivity contribution in [3.8, 4) is 5.75 Å². The van der Waals surface area contributed by atoms with Gasteiger partial charge in [-0.1, -0.05) is 48.9 Å². The zero-order chi connectivity index (χ0) is 22.2. The van der Waals surface area contributed by atoms with Crippen LogP contribution in [-0.4, -0.2) is 52.6 Å². The number of carboxylic acids is 1. The second kappa shape index (κ2) is 10.8. The largest absolute Gasteiger partial charge is 0.494 e. The number of urea groups is 1. The molecule has 0 radical (unpaired) electrons. The van der Waals surface area contributed by atoms with Crippen molar-refractivity contribution in [3.63, 3.8) is 0 Å². The summed E-state index contributed by atoms with van der Waals surface area (Å²) in [6, 6.07) is 16.2. The number of nitrogens with zero attached hydrogens (tertiary/aromatic N) is 2. The van der Waals surface area contributed by atoms with E-state index in [1.165, 1.54) is 5.56 Å². The van der Waals surface area contributed by atoms with E-state index in [4.69, 9.17) is 9.84 Å². The highest BCUT2D eigenvalue weighted by Gasteiger charge is 2.36. The van der Waals surface area contributed by atoms with Gasteiger partial charge in [-0.2, -0.15) is 0 Å². The van der Waals surface area contributed by atoms with Crippen LogP contribution in [0.1, 0.15) is 42.9 Å². The zero-order valence-corrected chi connectivity index (χ0v) is 18.4. The summed E-state index contributed by atoms with van der Waals surface area (Å²) >= 11 is 0. The number of rotatable bonds is 11. The minimum Gasteiger partial charge on any atom is -0.494 e. The van der Waals surface area contributed by atoms with Crippen LogP contribution in [0.25, 0.3) is 0 Å². The van der Waals surface area contributed by atoms with Gasteiger partial charge in [-0.25, -0.2) is 4.79 Å². The molecule has 1 N–H and O–H groups in total. The molecule has 0 bridgehead atoms. The van der Waals surface area contributed by atoms with Crippen molar-refractivity contribution in [1.29, 1.82) is 0 Å². The van der Waals surface area contributed by atoms with Crippen LogP contribution in [0.4, 0.5) is 4.79 Å². The molecule has 1 heterocycles. The van der Waals surface area contributed by atoms with Crippen molar-refractivity contribution in [2.45, 2.75) is 52.1 Å². The fraction of sp³-hybridized carbons (Fsp3) is 0.440. The van der Waals surface area contributed by atoms with E-state index in [0.717, 1.165) is 36.3 Å². The highest BCUT2D eigenvalue weighted by Crippen LogP contribution is 2.22. The molecule has 6 heteroatoms. The van der Waals surface area contributed by atoms with Gasteiger partial charge >= 0.3 is 12.0 Å². The first-order valence-corrected chi connectivity index (χ1v) is 11.0. The molecular formula is C25H32N2O4. The Labute approximate surface area is 184 Å². The Morgan fingerprint density at radius 3 is 2.42 bits per heavy atom. The number of hydrogen-bond acceptors (Lipinski definition) is 3. The van der Waals surface area contributed by atoms with E-state index in [2.05, 4.69) is 38.1 Å². The number of amides is 2. The van der Waals surface area contributed by atoms with Gasteiger partial charge in [0.1, 0.15) is 5.75 Å². The highest BCUT2D eigenvalue weighted by molar-refractivity contribution is 5.77. The molecule has 6 nitrogen and oxygen atoms in total. The monoisotopic (exact) mass is 424 g/mol. The van der Waals surface area contributed by atoms with Crippen LogP contribution in [-0.2, 0) is 17.8 Å². The molecule has 0 saturated carbocycles. The molecule has 2 aromatic carbocycles. The summed E-state index contributed by atoms with van der Waals surface area (Å²) in [6.45, 7) is 6.79. The molecule has 31 heavy (non-hydrogen) atoms. The number of carbonyl (C=O) groups excluding carboxylic acids is 1. The van der Waals surface area contributed by atoms with Gasteiger partial charge in [0, 0.05) is 32.5 Å². The molecule has 3 rings (SSSR count). The van der Waals surface area contributed by atoms with E-state index in [-0.39, 0.29) is 18.5 Å². The summed E-state index contributed by atoms with van der Waals surface area (Å²) in [5.41, 5.74) is 3.35. The van der Waals surface area contributed by atoms with Gasteiger partial charge in [-0.15, -0.1) is 0 Å².